The number of amides is 2. The van der Waals surface area contributed by atoms with E-state index in [0.717, 1.165) is 28.5 Å². The number of halogens is 5. The Labute approximate surface area is 233 Å². The fourth-order valence-corrected chi connectivity index (χ4v) is 4.56. The maximum Gasteiger partial charge on any atom is 0.573 e. The number of carbonyl (C=O) groups is 1. The van der Waals surface area contributed by atoms with Crippen LogP contribution in [0.1, 0.15) is 5.56 Å². The molecule has 5 aromatic rings. The largest absolute Gasteiger partial charge is 0.573 e. The van der Waals surface area contributed by atoms with Gasteiger partial charge < -0.3 is 10.1 Å². The number of nitrogens with one attached hydrogen (secondary N) is 2. The quantitative estimate of drug-likeness (QED) is 0.157. The van der Waals surface area contributed by atoms with Gasteiger partial charge in [0.05, 0.1) is 39.1 Å². The fourth-order valence-electron chi connectivity index (χ4n) is 3.71. The van der Waals surface area contributed by atoms with Crippen LogP contribution in [0.4, 0.5) is 23.7 Å². The Kier molecular flexibility index (Phi) is 7.51. The number of hydrogen-bond donors (Lipinski definition) is 2. The molecule has 0 saturated heterocycles. The molecule has 2 amide bonds. The summed E-state index contributed by atoms with van der Waals surface area (Å²) in [6.45, 7) is 0. The zero-order valence-electron chi connectivity index (χ0n) is 19.4. The molecule has 0 bridgehead atoms. The Morgan fingerprint density at radius 3 is 2.49 bits per heavy atom. The van der Waals surface area contributed by atoms with Gasteiger partial charge in [0.15, 0.2) is 0 Å². The Hall–Kier alpha value is -4.00. The molecule has 198 valence electrons. The predicted octanol–water partition coefficient (Wildman–Crippen LogP) is 7.58. The monoisotopic (exact) mass is 590 g/mol. The SMILES string of the molecule is O=C(NSN=Cc1ccc2c(ccc3c2nnn3-c2ccc(OC(F)(F)F)cc2)c1)Nc1c(Cl)cccc1Cl. The molecule has 4 aromatic carbocycles. The molecular formula is C25H15Cl2F3N6O2S. The first-order valence-electron chi connectivity index (χ1n) is 11.0. The normalized spacial score (nSPS) is 11.8. The van der Waals surface area contributed by atoms with Crippen molar-refractivity contribution in [3.05, 3.63) is 88.4 Å². The molecule has 39 heavy (non-hydrogen) atoms. The summed E-state index contributed by atoms with van der Waals surface area (Å²) in [6, 6.07) is 19.0. The highest BCUT2D eigenvalue weighted by Gasteiger charge is 2.31. The highest BCUT2D eigenvalue weighted by molar-refractivity contribution is 7.96. The van der Waals surface area contributed by atoms with Crippen molar-refractivity contribution < 1.29 is 22.7 Å². The first kappa shape index (κ1) is 26.6. The van der Waals surface area contributed by atoms with E-state index in [2.05, 4.69) is 29.5 Å². The molecule has 0 radical (unpaired) electrons. The lowest BCUT2D eigenvalue weighted by Crippen LogP contribution is -2.22. The second kappa shape index (κ2) is 11.0. The smallest absolute Gasteiger partial charge is 0.406 e. The number of anilines is 1. The molecule has 0 atom stereocenters. The van der Waals surface area contributed by atoms with Gasteiger partial charge in [0, 0.05) is 11.6 Å². The zero-order chi connectivity index (χ0) is 27.6. The predicted molar refractivity (Wildman–Crippen MR) is 147 cm³/mol. The van der Waals surface area contributed by atoms with Gasteiger partial charge in [-0.2, -0.15) is 0 Å². The lowest BCUT2D eigenvalue weighted by Gasteiger charge is -2.09. The maximum absolute atomic E-state index is 12.4. The molecule has 0 saturated carbocycles. The van der Waals surface area contributed by atoms with Crippen molar-refractivity contribution in [2.75, 3.05) is 5.32 Å². The van der Waals surface area contributed by atoms with Crippen LogP contribution in [-0.4, -0.2) is 33.6 Å². The van der Waals surface area contributed by atoms with Gasteiger partial charge >= 0.3 is 12.4 Å². The first-order valence-corrected chi connectivity index (χ1v) is 12.6. The molecule has 2 N–H and O–H groups in total. The third kappa shape index (κ3) is 6.19. The van der Waals surface area contributed by atoms with Gasteiger partial charge in [0.25, 0.3) is 0 Å². The second-order valence-electron chi connectivity index (χ2n) is 7.94. The molecule has 0 spiro atoms. The number of rotatable bonds is 6. The van der Waals surface area contributed by atoms with Crippen LogP contribution in [0, 0.1) is 0 Å². The summed E-state index contributed by atoms with van der Waals surface area (Å²) < 4.78 is 49.4. The molecule has 1 heterocycles. The molecule has 0 aliphatic rings. The highest BCUT2D eigenvalue weighted by atomic mass is 35.5. The third-order valence-corrected chi connectivity index (χ3v) is 6.48. The number of ether oxygens (including phenoxy) is 1. The summed E-state index contributed by atoms with van der Waals surface area (Å²) in [7, 11) is 0. The van der Waals surface area contributed by atoms with E-state index in [9.17, 15) is 18.0 Å². The van der Waals surface area contributed by atoms with Crippen molar-refractivity contribution in [2.45, 2.75) is 6.36 Å². The Morgan fingerprint density at radius 1 is 1.03 bits per heavy atom. The van der Waals surface area contributed by atoms with E-state index in [1.54, 1.807) is 24.4 Å². The van der Waals surface area contributed by atoms with Crippen molar-refractivity contribution in [2.24, 2.45) is 4.40 Å². The van der Waals surface area contributed by atoms with E-state index in [-0.39, 0.29) is 5.75 Å². The first-order chi connectivity index (χ1) is 18.7. The summed E-state index contributed by atoms with van der Waals surface area (Å²) in [5.41, 5.74) is 2.90. The lowest BCUT2D eigenvalue weighted by molar-refractivity contribution is -0.274. The van der Waals surface area contributed by atoms with Crippen molar-refractivity contribution in [1.29, 1.82) is 0 Å². The molecule has 5 rings (SSSR count). The molecule has 14 heteroatoms. The van der Waals surface area contributed by atoms with Crippen LogP contribution < -0.4 is 14.8 Å². The number of fused-ring (bicyclic) bond motifs is 3. The van der Waals surface area contributed by atoms with Gasteiger partial charge in [-0.15, -0.1) is 18.3 Å². The van der Waals surface area contributed by atoms with Crippen LogP contribution >= 0.6 is 35.3 Å². The van der Waals surface area contributed by atoms with Gasteiger partial charge in [0.1, 0.15) is 11.3 Å². The molecule has 0 aliphatic carbocycles. The second-order valence-corrected chi connectivity index (χ2v) is 9.35. The number of carbonyl (C=O) groups excluding carboxylic acids is 1. The van der Waals surface area contributed by atoms with E-state index < -0.39 is 12.4 Å². The van der Waals surface area contributed by atoms with Crippen molar-refractivity contribution >= 4 is 75.1 Å². The lowest BCUT2D eigenvalue weighted by atomic mass is 10.1. The molecule has 0 aliphatic heterocycles. The Balaban J connectivity index is 1.27. The summed E-state index contributed by atoms with van der Waals surface area (Å²) in [5, 5.41) is 13.3. The number of benzene rings is 4. The topological polar surface area (TPSA) is 93.4 Å². The maximum atomic E-state index is 12.4. The van der Waals surface area contributed by atoms with Gasteiger partial charge in [-0.3, -0.25) is 4.72 Å². The highest BCUT2D eigenvalue weighted by Crippen LogP contribution is 2.30. The summed E-state index contributed by atoms with van der Waals surface area (Å²) in [6.07, 6.45) is -3.18. The van der Waals surface area contributed by atoms with Gasteiger partial charge in [-0.05, 0) is 59.5 Å². The molecule has 8 nitrogen and oxygen atoms in total. The van der Waals surface area contributed by atoms with Gasteiger partial charge in [-0.1, -0.05) is 52.7 Å². The molecule has 0 fully saturated rings. The third-order valence-electron chi connectivity index (χ3n) is 5.37. The number of hydrogen-bond acceptors (Lipinski definition) is 6. The summed E-state index contributed by atoms with van der Waals surface area (Å²) in [5.74, 6) is -0.325. The minimum atomic E-state index is -4.76. The zero-order valence-corrected chi connectivity index (χ0v) is 21.7. The van der Waals surface area contributed by atoms with Crippen molar-refractivity contribution in [1.82, 2.24) is 19.7 Å². The number of para-hydroxylation sites is 1. The van der Waals surface area contributed by atoms with Crippen LogP contribution in [0.15, 0.2) is 77.2 Å². The average molecular weight is 591 g/mol. The molecule has 0 unspecified atom stereocenters. The van der Waals surface area contributed by atoms with E-state index in [1.807, 2.05) is 30.3 Å². The Bertz CT molecular complexity index is 1690. The van der Waals surface area contributed by atoms with E-state index in [1.165, 1.54) is 28.9 Å². The van der Waals surface area contributed by atoms with Gasteiger partial charge in [0.2, 0.25) is 0 Å². The van der Waals surface area contributed by atoms with Crippen LogP contribution in [0.2, 0.25) is 10.0 Å². The van der Waals surface area contributed by atoms with Crippen molar-refractivity contribution in [3.63, 3.8) is 0 Å². The molecular weight excluding hydrogens is 576 g/mol. The van der Waals surface area contributed by atoms with E-state index in [4.69, 9.17) is 23.2 Å². The number of aromatic nitrogens is 3. The average Bonchev–Trinajstić information content (AvgIpc) is 3.33. The van der Waals surface area contributed by atoms with Crippen LogP contribution in [0.3, 0.4) is 0 Å². The van der Waals surface area contributed by atoms with Gasteiger partial charge in [-0.25, -0.2) is 13.9 Å². The van der Waals surface area contributed by atoms with Crippen LogP contribution in [-0.2, 0) is 0 Å². The molecule has 1 aromatic heterocycles. The van der Waals surface area contributed by atoms with Crippen LogP contribution in [0.25, 0.3) is 27.5 Å². The summed E-state index contributed by atoms with van der Waals surface area (Å²) >= 11 is 12.9. The summed E-state index contributed by atoms with van der Waals surface area (Å²) in [4.78, 5) is 12.1. The number of urea groups is 1. The fraction of sp³-hybridized carbons (Fsp3) is 0.0400. The number of alkyl halides is 3. The van der Waals surface area contributed by atoms with E-state index in [0.29, 0.717) is 32.5 Å². The van der Waals surface area contributed by atoms with Crippen molar-refractivity contribution in [3.8, 4) is 11.4 Å². The minimum Gasteiger partial charge on any atom is -0.406 e. The van der Waals surface area contributed by atoms with E-state index >= 15 is 0 Å². The minimum absolute atomic E-state index is 0.299. The Morgan fingerprint density at radius 2 is 1.77 bits per heavy atom. The van der Waals surface area contributed by atoms with Crippen LogP contribution in [0.5, 0.6) is 5.75 Å². The number of nitrogens with zero attached hydrogens (tertiary/aromatic N) is 4. The standard InChI is InChI=1S/C25H15Cl2F3N6O2S/c26-19-2-1-3-20(27)23(19)32-24(37)34-39-31-13-14-4-10-18-15(12-14)5-11-21-22(18)33-35-36(21)16-6-8-17(9-7-16)38-25(28,29)30/h1-13H,(H2,32,34,37).